The zero-order valence-corrected chi connectivity index (χ0v) is 15.5. The van der Waals surface area contributed by atoms with E-state index in [-0.39, 0.29) is 10.8 Å². The summed E-state index contributed by atoms with van der Waals surface area (Å²) in [4.78, 5) is 11.2. The Bertz CT molecular complexity index is 1140. The molecule has 4 rings (SSSR count). The molecule has 0 spiro atoms. The van der Waals surface area contributed by atoms with Gasteiger partial charge in [0.15, 0.2) is 0 Å². The quantitative estimate of drug-likeness (QED) is 0.563. The van der Waals surface area contributed by atoms with Crippen molar-refractivity contribution < 1.29 is 13.2 Å². The van der Waals surface area contributed by atoms with Gasteiger partial charge in [0.25, 0.3) is 10.0 Å². The van der Waals surface area contributed by atoms with Crippen LogP contribution in [0.1, 0.15) is 18.1 Å². The Morgan fingerprint density at radius 3 is 2.26 bits per heavy atom. The molecule has 6 heteroatoms. The maximum Gasteiger partial charge on any atom is 0.261 e. The van der Waals surface area contributed by atoms with Crippen molar-refractivity contribution in [3.63, 3.8) is 0 Å². The Kier molecular flexibility index (Phi) is 4.20. The largest absolute Gasteiger partial charge is 0.326 e. The number of hydrogen-bond acceptors (Lipinski definition) is 3. The van der Waals surface area contributed by atoms with E-state index in [1.54, 1.807) is 18.2 Å². The van der Waals surface area contributed by atoms with Crippen molar-refractivity contribution >= 4 is 27.3 Å². The summed E-state index contributed by atoms with van der Waals surface area (Å²) in [5.41, 5.74) is 5.80. The van der Waals surface area contributed by atoms with Gasteiger partial charge in [-0.2, -0.15) is 0 Å². The molecule has 2 N–H and O–H groups in total. The molecule has 0 saturated heterocycles. The molecule has 0 bridgehead atoms. The molecule has 5 nitrogen and oxygen atoms in total. The molecular weight excluding hydrogens is 360 g/mol. The first-order valence-electron chi connectivity index (χ1n) is 8.54. The van der Waals surface area contributed by atoms with Crippen LogP contribution in [0.4, 0.5) is 11.4 Å². The molecule has 0 aliphatic heterocycles. The van der Waals surface area contributed by atoms with Gasteiger partial charge in [-0.25, -0.2) is 8.42 Å². The van der Waals surface area contributed by atoms with Gasteiger partial charge in [-0.3, -0.25) is 9.52 Å². The highest BCUT2D eigenvalue weighted by molar-refractivity contribution is 7.92. The predicted octanol–water partition coefficient (Wildman–Crippen LogP) is 4.02. The van der Waals surface area contributed by atoms with Crippen LogP contribution in [0.15, 0.2) is 71.6 Å². The molecule has 0 heterocycles. The molecule has 0 atom stereocenters. The maximum atomic E-state index is 12.7. The first-order chi connectivity index (χ1) is 12.9. The van der Waals surface area contributed by atoms with E-state index in [1.807, 2.05) is 24.3 Å². The number of benzene rings is 3. The highest BCUT2D eigenvalue weighted by atomic mass is 32.2. The molecule has 0 fully saturated rings. The zero-order valence-electron chi connectivity index (χ0n) is 14.7. The Morgan fingerprint density at radius 1 is 0.852 bits per heavy atom. The lowest BCUT2D eigenvalue weighted by molar-refractivity contribution is -0.114. The monoisotopic (exact) mass is 378 g/mol. The van der Waals surface area contributed by atoms with Gasteiger partial charge in [-0.05, 0) is 65.1 Å². The van der Waals surface area contributed by atoms with Crippen molar-refractivity contribution in [1.82, 2.24) is 0 Å². The third-order valence-electron chi connectivity index (χ3n) is 4.53. The minimum absolute atomic E-state index is 0.139. The Labute approximate surface area is 158 Å². The van der Waals surface area contributed by atoms with E-state index >= 15 is 0 Å². The lowest BCUT2D eigenvalue weighted by atomic mass is 10.1. The molecule has 3 aromatic carbocycles. The van der Waals surface area contributed by atoms with Crippen LogP contribution in [-0.4, -0.2) is 14.3 Å². The summed E-state index contributed by atoms with van der Waals surface area (Å²) in [6.45, 7) is 1.40. The minimum atomic E-state index is -3.71. The third-order valence-corrected chi connectivity index (χ3v) is 5.93. The highest BCUT2D eigenvalue weighted by Gasteiger charge is 2.20. The van der Waals surface area contributed by atoms with Crippen molar-refractivity contribution in [3.8, 4) is 11.1 Å². The van der Waals surface area contributed by atoms with E-state index in [0.717, 1.165) is 17.5 Å². The molecule has 0 aromatic heterocycles. The molecule has 0 saturated carbocycles. The van der Waals surface area contributed by atoms with E-state index in [4.69, 9.17) is 0 Å². The molecule has 1 aliphatic rings. The molecule has 27 heavy (non-hydrogen) atoms. The molecule has 1 amide bonds. The fourth-order valence-electron chi connectivity index (χ4n) is 3.34. The van der Waals surface area contributed by atoms with Crippen LogP contribution in [0.5, 0.6) is 0 Å². The summed E-state index contributed by atoms with van der Waals surface area (Å²) in [5, 5.41) is 2.62. The third kappa shape index (κ3) is 3.44. The molecule has 1 aliphatic carbocycles. The van der Waals surface area contributed by atoms with Gasteiger partial charge < -0.3 is 5.32 Å². The molecule has 3 aromatic rings. The van der Waals surface area contributed by atoms with Crippen molar-refractivity contribution in [2.45, 2.75) is 18.2 Å². The second-order valence-electron chi connectivity index (χ2n) is 6.52. The number of hydrogen-bond donors (Lipinski definition) is 2. The van der Waals surface area contributed by atoms with Gasteiger partial charge in [0.2, 0.25) is 5.91 Å². The van der Waals surface area contributed by atoms with Crippen LogP contribution in [0.25, 0.3) is 11.1 Å². The van der Waals surface area contributed by atoms with Gasteiger partial charge in [0.05, 0.1) is 4.90 Å². The summed E-state index contributed by atoms with van der Waals surface area (Å²) in [5.74, 6) is -0.206. The summed E-state index contributed by atoms with van der Waals surface area (Å²) < 4.78 is 27.9. The summed E-state index contributed by atoms with van der Waals surface area (Å²) in [7, 11) is -3.71. The van der Waals surface area contributed by atoms with Gasteiger partial charge in [0, 0.05) is 18.3 Å². The predicted molar refractivity (Wildman–Crippen MR) is 106 cm³/mol. The molecule has 0 unspecified atom stereocenters. The molecule has 0 radical (unpaired) electrons. The Balaban J connectivity index is 1.57. The van der Waals surface area contributed by atoms with Crippen LogP contribution in [0.3, 0.4) is 0 Å². The smallest absolute Gasteiger partial charge is 0.261 e. The van der Waals surface area contributed by atoms with Crippen LogP contribution in [0.2, 0.25) is 0 Å². The SMILES string of the molecule is CC(=O)Nc1ccc(S(=O)(=O)Nc2ccc3c(c2)Cc2ccccc2-3)cc1. The Hall–Kier alpha value is -3.12. The normalized spacial score (nSPS) is 12.2. The number of carbonyl (C=O) groups excluding carboxylic acids is 1. The van der Waals surface area contributed by atoms with E-state index in [0.29, 0.717) is 11.4 Å². The number of nitrogens with one attached hydrogen (secondary N) is 2. The van der Waals surface area contributed by atoms with Crippen molar-refractivity contribution in [2.75, 3.05) is 10.0 Å². The second kappa shape index (κ2) is 6.55. The number of fused-ring (bicyclic) bond motifs is 3. The number of sulfonamides is 1. The van der Waals surface area contributed by atoms with Crippen LogP contribution in [-0.2, 0) is 21.2 Å². The number of anilines is 2. The van der Waals surface area contributed by atoms with Crippen LogP contribution >= 0.6 is 0 Å². The lowest BCUT2D eigenvalue weighted by Gasteiger charge is -2.10. The highest BCUT2D eigenvalue weighted by Crippen LogP contribution is 2.37. The Morgan fingerprint density at radius 2 is 1.52 bits per heavy atom. The number of carbonyl (C=O) groups is 1. The number of amides is 1. The van der Waals surface area contributed by atoms with Gasteiger partial charge in [-0.15, -0.1) is 0 Å². The standard InChI is InChI=1S/C21H18N2O3S/c1-14(24)22-17-6-9-19(10-7-17)27(25,26)23-18-8-11-21-16(13-18)12-15-4-2-3-5-20(15)21/h2-11,13,23H,12H2,1H3,(H,22,24). The van der Waals surface area contributed by atoms with Gasteiger partial charge in [-0.1, -0.05) is 30.3 Å². The van der Waals surface area contributed by atoms with E-state index < -0.39 is 10.0 Å². The summed E-state index contributed by atoms with van der Waals surface area (Å²) >= 11 is 0. The van der Waals surface area contributed by atoms with Gasteiger partial charge >= 0.3 is 0 Å². The first kappa shape index (κ1) is 17.3. The van der Waals surface area contributed by atoms with Crippen molar-refractivity contribution in [1.29, 1.82) is 0 Å². The second-order valence-corrected chi connectivity index (χ2v) is 8.20. The fourth-order valence-corrected chi connectivity index (χ4v) is 4.39. The van der Waals surface area contributed by atoms with E-state index in [9.17, 15) is 13.2 Å². The zero-order chi connectivity index (χ0) is 19.0. The first-order valence-corrected chi connectivity index (χ1v) is 10.0. The van der Waals surface area contributed by atoms with E-state index in [1.165, 1.54) is 30.2 Å². The average molecular weight is 378 g/mol. The van der Waals surface area contributed by atoms with Crippen molar-refractivity contribution in [3.05, 3.63) is 77.9 Å². The fraction of sp³-hybridized carbons (Fsp3) is 0.0952. The number of rotatable bonds is 4. The summed E-state index contributed by atoms with van der Waals surface area (Å²) in [6.07, 6.45) is 0.798. The molecule has 136 valence electrons. The van der Waals surface area contributed by atoms with E-state index in [2.05, 4.69) is 22.2 Å². The van der Waals surface area contributed by atoms with Crippen molar-refractivity contribution in [2.24, 2.45) is 0 Å². The topological polar surface area (TPSA) is 75.3 Å². The average Bonchev–Trinajstić information content (AvgIpc) is 2.99. The summed E-state index contributed by atoms with van der Waals surface area (Å²) in [6, 6.07) is 19.9. The van der Waals surface area contributed by atoms with Crippen LogP contribution in [0, 0.1) is 0 Å². The van der Waals surface area contributed by atoms with Crippen LogP contribution < -0.4 is 10.0 Å². The maximum absolute atomic E-state index is 12.7. The minimum Gasteiger partial charge on any atom is -0.326 e. The van der Waals surface area contributed by atoms with Gasteiger partial charge in [0.1, 0.15) is 0 Å². The lowest BCUT2D eigenvalue weighted by Crippen LogP contribution is -2.13. The molecular formula is C21H18N2O3S.